The Morgan fingerprint density at radius 2 is 1.63 bits per heavy atom. The summed E-state index contributed by atoms with van der Waals surface area (Å²) in [7, 11) is 0. The van der Waals surface area contributed by atoms with Crippen molar-refractivity contribution in [3.8, 4) is 0 Å². The molecule has 0 aliphatic carbocycles. The third kappa shape index (κ3) is 3.25. The molecule has 0 bridgehead atoms. The molecular formula is C12H10N4O3. The van der Waals surface area contributed by atoms with Gasteiger partial charge in [0, 0.05) is 6.21 Å². The lowest BCUT2D eigenvalue weighted by Gasteiger charge is -2.12. The summed E-state index contributed by atoms with van der Waals surface area (Å²) in [4.78, 5) is 33.5. The van der Waals surface area contributed by atoms with Gasteiger partial charge in [0.2, 0.25) is 0 Å². The van der Waals surface area contributed by atoms with Crippen LogP contribution in [0.3, 0.4) is 0 Å². The van der Waals surface area contributed by atoms with E-state index in [1.165, 1.54) is 12.3 Å². The molecule has 1 aliphatic rings. The highest BCUT2D eigenvalue weighted by Gasteiger charge is 2.26. The zero-order valence-electron chi connectivity index (χ0n) is 9.71. The van der Waals surface area contributed by atoms with Crippen LogP contribution in [-0.2, 0) is 9.59 Å². The minimum absolute atomic E-state index is 0.182. The fourth-order valence-electron chi connectivity index (χ4n) is 1.36. The molecule has 0 unspecified atom stereocenters. The molecule has 3 N–H and O–H groups in total. The first-order valence-corrected chi connectivity index (χ1v) is 5.38. The number of nitrogens with zero attached hydrogens (tertiary/aromatic N) is 1. The second-order valence-corrected chi connectivity index (χ2v) is 3.57. The van der Waals surface area contributed by atoms with Crippen molar-refractivity contribution in [3.63, 3.8) is 0 Å². The molecule has 1 aromatic carbocycles. The summed E-state index contributed by atoms with van der Waals surface area (Å²) >= 11 is 0. The molecular weight excluding hydrogens is 248 g/mol. The Balaban J connectivity index is 2.00. The lowest BCUT2D eigenvalue weighted by atomic mass is 10.2. The summed E-state index contributed by atoms with van der Waals surface area (Å²) in [6, 6.07) is 8.33. The molecule has 0 atom stereocenters. The Labute approximate surface area is 108 Å². The van der Waals surface area contributed by atoms with Gasteiger partial charge in [0.05, 0.1) is 5.69 Å². The number of urea groups is 1. The van der Waals surface area contributed by atoms with Gasteiger partial charge in [0.15, 0.2) is 0 Å². The number of hydrogen-bond acceptors (Lipinski definition) is 5. The third-order valence-corrected chi connectivity index (χ3v) is 2.23. The largest absolute Gasteiger partial charge is 0.328 e. The van der Waals surface area contributed by atoms with Crippen molar-refractivity contribution in [1.29, 1.82) is 0 Å². The first-order chi connectivity index (χ1) is 9.16. The maximum absolute atomic E-state index is 11.3. The molecule has 7 nitrogen and oxygen atoms in total. The Hall–Kier alpha value is -2.96. The standard InChI is InChI=1S/C12H10N4O3/c17-10-9(11(18)15-12(19)14-10)6-7-13-16-8-4-2-1-3-5-8/h1-7,16H,(H2,14,15,17,18,19)/b13-7+. The second kappa shape index (κ2) is 5.58. The summed E-state index contributed by atoms with van der Waals surface area (Å²) < 4.78 is 0. The van der Waals surface area contributed by atoms with Crippen molar-refractivity contribution in [2.24, 2.45) is 5.10 Å². The van der Waals surface area contributed by atoms with Gasteiger partial charge in [-0.15, -0.1) is 0 Å². The summed E-state index contributed by atoms with van der Waals surface area (Å²) in [5.41, 5.74) is 3.30. The number of nitrogens with one attached hydrogen (secondary N) is 3. The molecule has 7 heteroatoms. The van der Waals surface area contributed by atoms with Crippen LogP contribution >= 0.6 is 0 Å². The van der Waals surface area contributed by atoms with Gasteiger partial charge in [-0.1, -0.05) is 18.2 Å². The molecule has 19 heavy (non-hydrogen) atoms. The molecule has 1 saturated heterocycles. The third-order valence-electron chi connectivity index (χ3n) is 2.23. The number of hydrogen-bond donors (Lipinski definition) is 3. The Morgan fingerprint density at radius 3 is 2.26 bits per heavy atom. The van der Waals surface area contributed by atoms with E-state index in [9.17, 15) is 14.4 Å². The quantitative estimate of drug-likeness (QED) is 0.316. The van der Waals surface area contributed by atoms with Gasteiger partial charge in [-0.05, 0) is 18.2 Å². The van der Waals surface area contributed by atoms with Crippen LogP contribution in [-0.4, -0.2) is 24.1 Å². The smallest absolute Gasteiger partial charge is 0.279 e. The van der Waals surface area contributed by atoms with Crippen LogP contribution in [0, 0.1) is 0 Å². The highest BCUT2D eigenvalue weighted by molar-refractivity contribution is 6.30. The minimum atomic E-state index is -0.827. The fraction of sp³-hybridized carbons (Fsp3) is 0. The summed E-state index contributed by atoms with van der Waals surface area (Å²) in [5.74, 6) is -1.50. The number of imide groups is 2. The average Bonchev–Trinajstić information content (AvgIpc) is 2.38. The average molecular weight is 258 g/mol. The van der Waals surface area contributed by atoms with E-state index < -0.39 is 17.8 Å². The topological polar surface area (TPSA) is 99.7 Å². The van der Waals surface area contributed by atoms with Crippen LogP contribution in [0.1, 0.15) is 0 Å². The summed E-state index contributed by atoms with van der Waals surface area (Å²) in [6.07, 6.45) is 2.48. The summed E-state index contributed by atoms with van der Waals surface area (Å²) in [6.45, 7) is 0. The maximum atomic E-state index is 11.3. The zero-order chi connectivity index (χ0) is 13.7. The van der Waals surface area contributed by atoms with Gasteiger partial charge in [0.25, 0.3) is 11.8 Å². The monoisotopic (exact) mass is 258 g/mol. The number of rotatable bonds is 3. The van der Waals surface area contributed by atoms with E-state index in [0.29, 0.717) is 0 Å². The predicted octanol–water partition coefficient (Wildman–Crippen LogP) is 0.377. The van der Waals surface area contributed by atoms with E-state index >= 15 is 0 Å². The number of carbonyl (C=O) groups is 3. The second-order valence-electron chi connectivity index (χ2n) is 3.57. The van der Waals surface area contributed by atoms with Crippen LogP contribution in [0.4, 0.5) is 10.5 Å². The predicted molar refractivity (Wildman–Crippen MR) is 68.3 cm³/mol. The maximum Gasteiger partial charge on any atom is 0.328 e. The number of para-hydroxylation sites is 1. The normalized spacial score (nSPS) is 15.2. The van der Waals surface area contributed by atoms with Gasteiger partial charge in [-0.25, -0.2) is 4.79 Å². The highest BCUT2D eigenvalue weighted by Crippen LogP contribution is 2.04. The van der Waals surface area contributed by atoms with Crippen LogP contribution in [0.15, 0.2) is 47.1 Å². The van der Waals surface area contributed by atoms with Crippen LogP contribution in [0.25, 0.3) is 0 Å². The van der Waals surface area contributed by atoms with Crippen LogP contribution in [0.5, 0.6) is 0 Å². The Bertz CT molecular complexity index is 556. The van der Waals surface area contributed by atoms with Crippen molar-refractivity contribution < 1.29 is 14.4 Å². The first-order valence-electron chi connectivity index (χ1n) is 5.38. The van der Waals surface area contributed by atoms with Crippen LogP contribution < -0.4 is 16.1 Å². The van der Waals surface area contributed by atoms with E-state index in [1.807, 2.05) is 41.0 Å². The molecule has 1 aliphatic heterocycles. The SMILES string of the molecule is O=C1NC(=O)C(=C/C=N/Nc2ccccc2)C(=O)N1. The van der Waals surface area contributed by atoms with Crippen LogP contribution in [0.2, 0.25) is 0 Å². The molecule has 0 spiro atoms. The molecule has 4 amide bonds. The van der Waals surface area contributed by atoms with Crippen molar-refractivity contribution in [2.75, 3.05) is 5.43 Å². The first kappa shape index (κ1) is 12.5. The van der Waals surface area contributed by atoms with E-state index in [-0.39, 0.29) is 5.57 Å². The molecule has 0 radical (unpaired) electrons. The lowest BCUT2D eigenvalue weighted by molar-refractivity contribution is -0.124. The zero-order valence-corrected chi connectivity index (χ0v) is 9.71. The van der Waals surface area contributed by atoms with Crippen molar-refractivity contribution in [3.05, 3.63) is 42.0 Å². The van der Waals surface area contributed by atoms with E-state index in [1.54, 1.807) is 0 Å². The number of barbiturate groups is 1. The van der Waals surface area contributed by atoms with E-state index in [2.05, 4.69) is 10.5 Å². The van der Waals surface area contributed by atoms with E-state index in [4.69, 9.17) is 0 Å². The van der Waals surface area contributed by atoms with Gasteiger partial charge in [0.1, 0.15) is 5.57 Å². The molecule has 1 fully saturated rings. The minimum Gasteiger partial charge on any atom is -0.279 e. The van der Waals surface area contributed by atoms with Gasteiger partial charge >= 0.3 is 6.03 Å². The number of anilines is 1. The number of carbonyl (C=O) groups excluding carboxylic acids is 3. The fourth-order valence-corrected chi connectivity index (χ4v) is 1.36. The molecule has 1 heterocycles. The number of allylic oxidation sites excluding steroid dienone is 1. The Morgan fingerprint density at radius 1 is 1.00 bits per heavy atom. The Kier molecular flexibility index (Phi) is 3.67. The molecule has 1 aromatic rings. The number of amides is 4. The van der Waals surface area contributed by atoms with Crippen molar-refractivity contribution in [2.45, 2.75) is 0 Å². The molecule has 96 valence electrons. The van der Waals surface area contributed by atoms with Gasteiger partial charge < -0.3 is 0 Å². The van der Waals surface area contributed by atoms with E-state index in [0.717, 1.165) is 5.69 Å². The molecule has 0 saturated carbocycles. The van der Waals surface area contributed by atoms with Crippen molar-refractivity contribution >= 4 is 29.7 Å². The highest BCUT2D eigenvalue weighted by atomic mass is 16.2. The lowest BCUT2D eigenvalue weighted by Crippen LogP contribution is -2.51. The molecule has 2 rings (SSSR count). The number of benzene rings is 1. The number of hydrazone groups is 1. The van der Waals surface area contributed by atoms with Gasteiger partial charge in [-0.2, -0.15) is 5.10 Å². The summed E-state index contributed by atoms with van der Waals surface area (Å²) in [5, 5.41) is 7.74. The van der Waals surface area contributed by atoms with Crippen molar-refractivity contribution in [1.82, 2.24) is 10.6 Å². The van der Waals surface area contributed by atoms with Gasteiger partial charge in [-0.3, -0.25) is 25.6 Å². The molecule has 0 aromatic heterocycles.